The summed E-state index contributed by atoms with van der Waals surface area (Å²) in [6.45, 7) is 0. The summed E-state index contributed by atoms with van der Waals surface area (Å²) in [5, 5.41) is 0.587. The molecule has 2 N–H and O–H groups in total. The zero-order valence-corrected chi connectivity index (χ0v) is 11.1. The van der Waals surface area contributed by atoms with Crippen LogP contribution in [0.1, 0.15) is 0 Å². The number of hydrogen-bond acceptors (Lipinski definition) is 3. The van der Waals surface area contributed by atoms with Gasteiger partial charge in [0.1, 0.15) is 5.75 Å². The van der Waals surface area contributed by atoms with Crippen molar-refractivity contribution >= 4 is 22.9 Å². The molecule has 0 saturated heterocycles. The average molecular weight is 274 g/mol. The number of fused-ring (bicyclic) bond motifs is 1. The molecule has 2 heterocycles. The fourth-order valence-electron chi connectivity index (χ4n) is 1.99. The van der Waals surface area contributed by atoms with Crippen molar-refractivity contribution in [2.75, 3.05) is 12.8 Å². The number of pyridine rings is 1. The molecule has 0 bridgehead atoms. The minimum atomic E-state index is 0.562. The Bertz CT molecular complexity index is 734. The van der Waals surface area contributed by atoms with E-state index >= 15 is 0 Å². The number of ether oxygens (including phenoxy) is 1. The number of benzene rings is 1. The smallest absolute Gasteiger partial charge is 0.160 e. The molecule has 1 aromatic carbocycles. The zero-order valence-electron chi connectivity index (χ0n) is 10.3. The van der Waals surface area contributed by atoms with Gasteiger partial charge in [-0.1, -0.05) is 11.6 Å². The van der Waals surface area contributed by atoms with Crippen LogP contribution in [0, 0.1) is 0 Å². The van der Waals surface area contributed by atoms with E-state index in [1.54, 1.807) is 19.4 Å². The van der Waals surface area contributed by atoms with Gasteiger partial charge in [0.25, 0.3) is 0 Å². The lowest BCUT2D eigenvalue weighted by Crippen LogP contribution is -1.91. The topological polar surface area (TPSA) is 52.5 Å². The Morgan fingerprint density at radius 2 is 1.95 bits per heavy atom. The van der Waals surface area contributed by atoms with Gasteiger partial charge in [-0.05, 0) is 30.3 Å². The van der Waals surface area contributed by atoms with Crippen LogP contribution in [0.25, 0.3) is 16.9 Å². The standard InChI is InChI=1S/C14H12ClN3O/c1-19-11-4-2-9(3-5-11)13-8-18-7-10(15)6-12(16)14(18)17-13/h2-8H,16H2,1H3. The summed E-state index contributed by atoms with van der Waals surface area (Å²) < 4.78 is 6.97. The second kappa shape index (κ2) is 4.48. The van der Waals surface area contributed by atoms with Crippen molar-refractivity contribution in [2.45, 2.75) is 0 Å². The van der Waals surface area contributed by atoms with E-state index in [1.807, 2.05) is 34.9 Å². The van der Waals surface area contributed by atoms with Gasteiger partial charge in [0.15, 0.2) is 5.65 Å². The Kier molecular flexibility index (Phi) is 2.80. The molecule has 0 saturated carbocycles. The number of aromatic nitrogens is 2. The van der Waals surface area contributed by atoms with Crippen molar-refractivity contribution in [1.82, 2.24) is 9.38 Å². The number of nitrogen functional groups attached to an aromatic ring is 1. The molecule has 5 heteroatoms. The Balaban J connectivity index is 2.12. The fourth-order valence-corrected chi connectivity index (χ4v) is 2.21. The number of imidazole rings is 1. The molecule has 0 radical (unpaired) electrons. The van der Waals surface area contributed by atoms with Crippen LogP contribution in [0.2, 0.25) is 5.02 Å². The molecular formula is C14H12ClN3O. The molecular weight excluding hydrogens is 262 g/mol. The van der Waals surface area contributed by atoms with Crippen molar-refractivity contribution < 1.29 is 4.74 Å². The second-order valence-corrected chi connectivity index (χ2v) is 4.64. The third kappa shape index (κ3) is 2.11. The summed E-state index contributed by atoms with van der Waals surface area (Å²) in [7, 11) is 1.64. The van der Waals surface area contributed by atoms with Gasteiger partial charge in [-0.2, -0.15) is 0 Å². The maximum absolute atomic E-state index is 5.97. The van der Waals surface area contributed by atoms with Crippen LogP contribution in [-0.4, -0.2) is 16.5 Å². The number of halogens is 1. The lowest BCUT2D eigenvalue weighted by molar-refractivity contribution is 0.415. The number of hydrogen-bond donors (Lipinski definition) is 1. The Morgan fingerprint density at radius 3 is 2.63 bits per heavy atom. The van der Waals surface area contributed by atoms with Gasteiger partial charge in [0.2, 0.25) is 0 Å². The fraction of sp³-hybridized carbons (Fsp3) is 0.0714. The molecule has 0 atom stereocenters. The molecule has 2 aromatic heterocycles. The van der Waals surface area contributed by atoms with Crippen LogP contribution in [-0.2, 0) is 0 Å². The van der Waals surface area contributed by atoms with Gasteiger partial charge in [-0.25, -0.2) is 4.98 Å². The summed E-state index contributed by atoms with van der Waals surface area (Å²) >= 11 is 5.97. The van der Waals surface area contributed by atoms with E-state index in [2.05, 4.69) is 4.98 Å². The Hall–Kier alpha value is -2.20. The summed E-state index contributed by atoms with van der Waals surface area (Å²) in [5.41, 5.74) is 9.02. The highest BCUT2D eigenvalue weighted by atomic mass is 35.5. The number of methoxy groups -OCH3 is 1. The van der Waals surface area contributed by atoms with E-state index in [0.29, 0.717) is 16.4 Å². The summed E-state index contributed by atoms with van der Waals surface area (Å²) in [5.74, 6) is 0.815. The Morgan fingerprint density at radius 1 is 1.21 bits per heavy atom. The first kappa shape index (κ1) is 11.9. The number of anilines is 1. The first-order chi connectivity index (χ1) is 9.17. The molecule has 4 nitrogen and oxygen atoms in total. The minimum Gasteiger partial charge on any atom is -0.497 e. The molecule has 0 amide bonds. The van der Waals surface area contributed by atoms with Crippen molar-refractivity contribution in [3.05, 3.63) is 47.7 Å². The molecule has 96 valence electrons. The highest BCUT2D eigenvalue weighted by molar-refractivity contribution is 6.30. The van der Waals surface area contributed by atoms with E-state index in [1.165, 1.54) is 0 Å². The molecule has 19 heavy (non-hydrogen) atoms. The van der Waals surface area contributed by atoms with Crippen molar-refractivity contribution in [2.24, 2.45) is 0 Å². The summed E-state index contributed by atoms with van der Waals surface area (Å²) in [6, 6.07) is 9.41. The highest BCUT2D eigenvalue weighted by Gasteiger charge is 2.07. The van der Waals surface area contributed by atoms with Crippen molar-refractivity contribution in [3.8, 4) is 17.0 Å². The molecule has 0 aliphatic rings. The highest BCUT2D eigenvalue weighted by Crippen LogP contribution is 2.25. The first-order valence-corrected chi connectivity index (χ1v) is 6.13. The maximum atomic E-state index is 5.97. The molecule has 3 rings (SSSR count). The zero-order chi connectivity index (χ0) is 13.4. The quantitative estimate of drug-likeness (QED) is 0.780. The largest absolute Gasteiger partial charge is 0.497 e. The Labute approximate surface area is 115 Å². The second-order valence-electron chi connectivity index (χ2n) is 4.20. The summed E-state index contributed by atoms with van der Waals surface area (Å²) in [6.07, 6.45) is 3.69. The van der Waals surface area contributed by atoms with Gasteiger partial charge in [-0.3, -0.25) is 0 Å². The van der Waals surface area contributed by atoms with E-state index in [-0.39, 0.29) is 0 Å². The molecule has 0 fully saturated rings. The van der Waals surface area contributed by atoms with E-state index in [4.69, 9.17) is 22.1 Å². The molecule has 0 spiro atoms. The summed E-state index contributed by atoms with van der Waals surface area (Å²) in [4.78, 5) is 4.52. The average Bonchev–Trinajstić information content (AvgIpc) is 2.83. The molecule has 3 aromatic rings. The van der Waals surface area contributed by atoms with Crippen LogP contribution in [0.3, 0.4) is 0 Å². The van der Waals surface area contributed by atoms with Gasteiger partial charge in [0, 0.05) is 18.0 Å². The van der Waals surface area contributed by atoms with Crippen LogP contribution < -0.4 is 10.5 Å². The van der Waals surface area contributed by atoms with E-state index < -0.39 is 0 Å². The molecule has 0 aliphatic heterocycles. The lowest BCUT2D eigenvalue weighted by atomic mass is 10.2. The number of nitrogens with zero attached hydrogens (tertiary/aromatic N) is 2. The van der Waals surface area contributed by atoms with Gasteiger partial charge in [0.05, 0.1) is 23.5 Å². The molecule has 0 unspecified atom stereocenters. The van der Waals surface area contributed by atoms with Gasteiger partial charge in [-0.15, -0.1) is 0 Å². The third-order valence-corrected chi connectivity index (χ3v) is 3.14. The van der Waals surface area contributed by atoms with E-state index in [0.717, 1.165) is 17.0 Å². The van der Waals surface area contributed by atoms with E-state index in [9.17, 15) is 0 Å². The van der Waals surface area contributed by atoms with Crippen LogP contribution in [0.5, 0.6) is 5.75 Å². The van der Waals surface area contributed by atoms with Crippen LogP contribution >= 0.6 is 11.6 Å². The molecule has 0 aliphatic carbocycles. The van der Waals surface area contributed by atoms with Gasteiger partial charge < -0.3 is 14.9 Å². The number of rotatable bonds is 2. The SMILES string of the molecule is COc1ccc(-c2cn3cc(Cl)cc(N)c3n2)cc1. The first-order valence-electron chi connectivity index (χ1n) is 5.75. The number of nitrogens with two attached hydrogens (primary N) is 1. The van der Waals surface area contributed by atoms with Gasteiger partial charge >= 0.3 is 0 Å². The van der Waals surface area contributed by atoms with Crippen molar-refractivity contribution in [1.29, 1.82) is 0 Å². The van der Waals surface area contributed by atoms with Crippen molar-refractivity contribution in [3.63, 3.8) is 0 Å². The minimum absolute atomic E-state index is 0.562. The third-order valence-electron chi connectivity index (χ3n) is 2.93. The normalized spacial score (nSPS) is 10.8. The predicted octanol–water partition coefficient (Wildman–Crippen LogP) is 3.25. The maximum Gasteiger partial charge on any atom is 0.160 e. The lowest BCUT2D eigenvalue weighted by Gasteiger charge is -2.00. The van der Waals surface area contributed by atoms with Crippen LogP contribution in [0.4, 0.5) is 5.69 Å². The monoisotopic (exact) mass is 273 g/mol. The predicted molar refractivity (Wildman–Crippen MR) is 76.6 cm³/mol. The van der Waals surface area contributed by atoms with Crippen LogP contribution in [0.15, 0.2) is 42.7 Å².